The van der Waals surface area contributed by atoms with Crippen molar-refractivity contribution in [2.45, 2.75) is 57.2 Å². The Kier molecular flexibility index (Phi) is 7.88. The highest BCUT2D eigenvalue weighted by molar-refractivity contribution is 9.10. The van der Waals surface area contributed by atoms with Crippen LogP contribution in [0, 0.1) is 0 Å². The van der Waals surface area contributed by atoms with Crippen LogP contribution in [0.4, 0.5) is 0 Å². The Morgan fingerprint density at radius 2 is 1.83 bits per heavy atom. The van der Waals surface area contributed by atoms with Gasteiger partial charge < -0.3 is 0 Å². The van der Waals surface area contributed by atoms with Crippen LogP contribution in [0.3, 0.4) is 0 Å². The molecule has 0 heterocycles. The smallest absolute Gasteiger partial charge is 0.146 e. The van der Waals surface area contributed by atoms with Crippen LogP contribution in [0.1, 0.15) is 52.4 Å². The van der Waals surface area contributed by atoms with E-state index in [9.17, 15) is 4.79 Å². The molecule has 0 saturated carbocycles. The van der Waals surface area contributed by atoms with E-state index in [0.717, 1.165) is 32.1 Å². The summed E-state index contributed by atoms with van der Waals surface area (Å²) in [6.45, 7) is 4.26. The molecular formula is C10H19BrO. The molecule has 0 aliphatic heterocycles. The second-order valence-electron chi connectivity index (χ2n) is 3.18. The first-order chi connectivity index (χ1) is 5.72. The molecule has 0 amide bonds. The maximum atomic E-state index is 11.4. The average molecular weight is 235 g/mol. The van der Waals surface area contributed by atoms with Gasteiger partial charge in [-0.2, -0.15) is 0 Å². The van der Waals surface area contributed by atoms with E-state index < -0.39 is 0 Å². The summed E-state index contributed by atoms with van der Waals surface area (Å²) in [6, 6.07) is 0. The molecule has 0 rings (SSSR count). The van der Waals surface area contributed by atoms with Crippen LogP contribution in [0.2, 0.25) is 0 Å². The zero-order chi connectivity index (χ0) is 9.40. The van der Waals surface area contributed by atoms with E-state index in [2.05, 4.69) is 29.8 Å². The van der Waals surface area contributed by atoms with Gasteiger partial charge in [0.25, 0.3) is 0 Å². The van der Waals surface area contributed by atoms with Crippen molar-refractivity contribution >= 4 is 21.7 Å². The molecule has 0 fully saturated rings. The van der Waals surface area contributed by atoms with E-state index in [1.165, 1.54) is 6.42 Å². The summed E-state index contributed by atoms with van der Waals surface area (Å²) < 4.78 is 0. The van der Waals surface area contributed by atoms with Crippen molar-refractivity contribution in [3.63, 3.8) is 0 Å². The maximum Gasteiger partial charge on any atom is 0.146 e. The van der Waals surface area contributed by atoms with Crippen molar-refractivity contribution < 1.29 is 4.79 Å². The minimum absolute atomic E-state index is 0.115. The van der Waals surface area contributed by atoms with Gasteiger partial charge in [0.2, 0.25) is 0 Å². The van der Waals surface area contributed by atoms with Gasteiger partial charge in [0, 0.05) is 6.42 Å². The van der Waals surface area contributed by atoms with E-state index in [4.69, 9.17) is 0 Å². The number of halogens is 1. The number of carbonyl (C=O) groups is 1. The number of hydrogen-bond acceptors (Lipinski definition) is 1. The first-order valence-electron chi connectivity index (χ1n) is 4.89. The number of unbranched alkanes of at least 4 members (excludes halogenated alkanes) is 2. The Hall–Kier alpha value is 0.150. The van der Waals surface area contributed by atoms with Crippen LogP contribution >= 0.6 is 15.9 Å². The molecule has 0 spiro atoms. The average Bonchev–Trinajstić information content (AvgIpc) is 2.10. The van der Waals surface area contributed by atoms with E-state index >= 15 is 0 Å². The number of hydrogen-bond donors (Lipinski definition) is 0. The Morgan fingerprint density at radius 3 is 2.33 bits per heavy atom. The number of carbonyl (C=O) groups excluding carboxylic acids is 1. The largest absolute Gasteiger partial charge is 0.298 e. The molecule has 0 aromatic carbocycles. The minimum atomic E-state index is 0.115. The van der Waals surface area contributed by atoms with Crippen molar-refractivity contribution in [3.8, 4) is 0 Å². The predicted octanol–water partition coefficient (Wildman–Crippen LogP) is 3.70. The molecule has 0 aliphatic carbocycles. The Bertz CT molecular complexity index is 123. The predicted molar refractivity (Wildman–Crippen MR) is 56.8 cm³/mol. The SMILES string of the molecule is CCCCC(=O)C(Br)CCCC. The van der Waals surface area contributed by atoms with Gasteiger partial charge in [-0.3, -0.25) is 4.79 Å². The third-order valence-electron chi connectivity index (χ3n) is 1.94. The normalized spacial score (nSPS) is 12.9. The molecule has 1 unspecified atom stereocenters. The van der Waals surface area contributed by atoms with Gasteiger partial charge in [-0.25, -0.2) is 0 Å². The molecule has 1 nitrogen and oxygen atoms in total. The Labute approximate surface area is 84.1 Å². The summed E-state index contributed by atoms with van der Waals surface area (Å²) >= 11 is 3.42. The number of ketones is 1. The first-order valence-corrected chi connectivity index (χ1v) is 5.80. The molecule has 1 atom stereocenters. The van der Waals surface area contributed by atoms with Crippen molar-refractivity contribution in [3.05, 3.63) is 0 Å². The van der Waals surface area contributed by atoms with E-state index in [1.807, 2.05) is 0 Å². The van der Waals surface area contributed by atoms with Crippen LogP contribution in [-0.2, 0) is 4.79 Å². The Balaban J connectivity index is 3.47. The molecule has 0 bridgehead atoms. The summed E-state index contributed by atoms with van der Waals surface area (Å²) in [6.07, 6.45) is 6.21. The highest BCUT2D eigenvalue weighted by Crippen LogP contribution is 2.13. The van der Waals surface area contributed by atoms with Gasteiger partial charge >= 0.3 is 0 Å². The molecule has 0 saturated heterocycles. The van der Waals surface area contributed by atoms with Gasteiger partial charge in [0.05, 0.1) is 4.83 Å². The molecule has 0 aromatic rings. The molecule has 0 aromatic heterocycles. The van der Waals surface area contributed by atoms with Crippen LogP contribution in [0.5, 0.6) is 0 Å². The van der Waals surface area contributed by atoms with E-state index in [-0.39, 0.29) is 4.83 Å². The number of alkyl halides is 1. The van der Waals surface area contributed by atoms with Gasteiger partial charge in [-0.15, -0.1) is 0 Å². The number of Topliss-reactive ketones (excluding diaryl/α,β-unsaturated/α-hetero) is 1. The third kappa shape index (κ3) is 5.76. The standard InChI is InChI=1S/C10H19BrO/c1-3-5-7-9(11)10(12)8-6-4-2/h9H,3-8H2,1-2H3. The lowest BCUT2D eigenvalue weighted by atomic mass is 10.1. The highest BCUT2D eigenvalue weighted by atomic mass is 79.9. The summed E-state index contributed by atoms with van der Waals surface area (Å²) in [5, 5.41) is 0. The molecule has 0 radical (unpaired) electrons. The van der Waals surface area contributed by atoms with Crippen LogP contribution in [0.15, 0.2) is 0 Å². The first kappa shape index (κ1) is 12.2. The lowest BCUT2D eigenvalue weighted by Gasteiger charge is -2.06. The van der Waals surface area contributed by atoms with E-state index in [0.29, 0.717) is 5.78 Å². The topological polar surface area (TPSA) is 17.1 Å². The quantitative estimate of drug-likeness (QED) is 0.615. The maximum absolute atomic E-state index is 11.4. The van der Waals surface area contributed by atoms with Crippen LogP contribution < -0.4 is 0 Å². The zero-order valence-corrected chi connectivity index (χ0v) is 9.69. The summed E-state index contributed by atoms with van der Waals surface area (Å²) in [4.78, 5) is 11.5. The van der Waals surface area contributed by atoms with Gasteiger partial charge in [-0.1, -0.05) is 49.0 Å². The minimum Gasteiger partial charge on any atom is -0.298 e. The lowest BCUT2D eigenvalue weighted by molar-refractivity contribution is -0.118. The van der Waals surface area contributed by atoms with Crippen molar-refractivity contribution in [1.82, 2.24) is 0 Å². The molecule has 72 valence electrons. The lowest BCUT2D eigenvalue weighted by Crippen LogP contribution is -2.13. The second kappa shape index (κ2) is 7.78. The summed E-state index contributed by atoms with van der Waals surface area (Å²) in [5.74, 6) is 0.380. The highest BCUT2D eigenvalue weighted by Gasteiger charge is 2.12. The van der Waals surface area contributed by atoms with E-state index in [1.54, 1.807) is 0 Å². The van der Waals surface area contributed by atoms with Crippen LogP contribution in [-0.4, -0.2) is 10.6 Å². The third-order valence-corrected chi connectivity index (χ3v) is 2.91. The van der Waals surface area contributed by atoms with Crippen molar-refractivity contribution in [1.29, 1.82) is 0 Å². The molecule has 2 heteroatoms. The van der Waals surface area contributed by atoms with Crippen molar-refractivity contribution in [2.24, 2.45) is 0 Å². The molecule has 0 N–H and O–H groups in total. The van der Waals surface area contributed by atoms with Gasteiger partial charge in [0.1, 0.15) is 5.78 Å². The monoisotopic (exact) mass is 234 g/mol. The van der Waals surface area contributed by atoms with Crippen molar-refractivity contribution in [2.75, 3.05) is 0 Å². The fraction of sp³-hybridized carbons (Fsp3) is 0.900. The van der Waals surface area contributed by atoms with Crippen LogP contribution in [0.25, 0.3) is 0 Å². The zero-order valence-electron chi connectivity index (χ0n) is 8.11. The summed E-state index contributed by atoms with van der Waals surface area (Å²) in [5.41, 5.74) is 0. The Morgan fingerprint density at radius 1 is 1.25 bits per heavy atom. The van der Waals surface area contributed by atoms with Gasteiger partial charge in [0.15, 0.2) is 0 Å². The summed E-state index contributed by atoms with van der Waals surface area (Å²) in [7, 11) is 0. The van der Waals surface area contributed by atoms with Gasteiger partial charge in [-0.05, 0) is 12.8 Å². The molecule has 0 aliphatic rings. The number of rotatable bonds is 7. The fourth-order valence-electron chi connectivity index (χ4n) is 1.05. The second-order valence-corrected chi connectivity index (χ2v) is 4.28. The molecule has 12 heavy (non-hydrogen) atoms. The molecular weight excluding hydrogens is 216 g/mol. The fourth-order valence-corrected chi connectivity index (χ4v) is 1.60.